The van der Waals surface area contributed by atoms with Crippen molar-refractivity contribution in [3.63, 3.8) is 0 Å². The highest BCUT2D eigenvalue weighted by molar-refractivity contribution is 5.91. The third kappa shape index (κ3) is 6.29. The van der Waals surface area contributed by atoms with Crippen LogP contribution in [-0.4, -0.2) is 34.5 Å². The van der Waals surface area contributed by atoms with E-state index in [0.717, 1.165) is 27.9 Å². The lowest BCUT2D eigenvalue weighted by atomic mass is 10.0. The lowest BCUT2D eigenvalue weighted by Crippen LogP contribution is -2.11. The first-order valence-corrected chi connectivity index (χ1v) is 11.4. The van der Waals surface area contributed by atoms with E-state index in [1.165, 1.54) is 7.11 Å². The van der Waals surface area contributed by atoms with Gasteiger partial charge >= 0.3 is 5.97 Å². The van der Waals surface area contributed by atoms with E-state index in [2.05, 4.69) is 15.3 Å². The molecule has 3 aromatic carbocycles. The van der Waals surface area contributed by atoms with Gasteiger partial charge in [0.25, 0.3) is 6.47 Å². The number of carbonyl (C=O) groups is 2. The molecule has 0 saturated heterocycles. The van der Waals surface area contributed by atoms with Crippen molar-refractivity contribution in [3.8, 4) is 0 Å². The number of rotatable bonds is 10. The van der Waals surface area contributed by atoms with E-state index < -0.39 is 5.97 Å². The Kier molecular flexibility index (Phi) is 7.97. The van der Waals surface area contributed by atoms with Gasteiger partial charge in [0.2, 0.25) is 5.95 Å². The number of benzene rings is 3. The number of nitrogens with one attached hydrogen (secondary N) is 1. The minimum Gasteiger partial charge on any atom is -0.465 e. The Morgan fingerprint density at radius 2 is 1.53 bits per heavy atom. The number of carbonyl (C=O) groups excluding carboxylic acids is 2. The van der Waals surface area contributed by atoms with Crippen LogP contribution in [-0.2, 0) is 33.7 Å². The maximum atomic E-state index is 12.3. The van der Waals surface area contributed by atoms with Crippen LogP contribution < -0.4 is 5.32 Å². The number of anilines is 2. The number of methoxy groups -OCH3 is 1. The SMILES string of the molecule is COC(=O)c1ccccc1Cc1nc(Cc2ccccc2COC=O)nc(Nc2cccc(C)c2)n1. The molecule has 0 atom stereocenters. The summed E-state index contributed by atoms with van der Waals surface area (Å²) in [5.74, 6) is 1.04. The molecule has 1 N–H and O–H groups in total. The molecule has 0 unspecified atom stereocenters. The molecule has 4 rings (SSSR count). The van der Waals surface area contributed by atoms with Gasteiger partial charge in [0.15, 0.2) is 0 Å². The molecule has 0 aliphatic rings. The van der Waals surface area contributed by atoms with Crippen molar-refractivity contribution in [1.82, 2.24) is 15.0 Å². The first-order chi connectivity index (χ1) is 17.6. The van der Waals surface area contributed by atoms with Crippen LogP contribution in [0.15, 0.2) is 72.8 Å². The van der Waals surface area contributed by atoms with Crippen molar-refractivity contribution in [1.29, 1.82) is 0 Å². The van der Waals surface area contributed by atoms with Gasteiger partial charge in [-0.1, -0.05) is 54.6 Å². The van der Waals surface area contributed by atoms with Crippen molar-refractivity contribution < 1.29 is 19.1 Å². The minimum atomic E-state index is -0.415. The summed E-state index contributed by atoms with van der Waals surface area (Å²) < 4.78 is 9.91. The molecule has 0 fully saturated rings. The fourth-order valence-electron chi connectivity index (χ4n) is 3.85. The van der Waals surface area contributed by atoms with E-state index in [-0.39, 0.29) is 6.61 Å². The highest BCUT2D eigenvalue weighted by Crippen LogP contribution is 2.20. The predicted octanol–water partition coefficient (Wildman–Crippen LogP) is 4.56. The van der Waals surface area contributed by atoms with Crippen molar-refractivity contribution >= 4 is 24.1 Å². The molecule has 8 nitrogen and oxygen atoms in total. The van der Waals surface area contributed by atoms with E-state index in [0.29, 0.717) is 42.5 Å². The van der Waals surface area contributed by atoms with Crippen LogP contribution in [0.4, 0.5) is 11.6 Å². The number of aromatic nitrogens is 3. The van der Waals surface area contributed by atoms with Gasteiger partial charge in [-0.05, 0) is 47.4 Å². The topological polar surface area (TPSA) is 103 Å². The minimum absolute atomic E-state index is 0.165. The van der Waals surface area contributed by atoms with E-state index in [1.807, 2.05) is 67.6 Å². The summed E-state index contributed by atoms with van der Waals surface area (Å²) in [5.41, 5.74) is 4.98. The molecule has 4 aromatic rings. The van der Waals surface area contributed by atoms with Crippen LogP contribution in [0.25, 0.3) is 0 Å². The third-order valence-electron chi connectivity index (χ3n) is 5.55. The van der Waals surface area contributed by atoms with Gasteiger partial charge in [-0.15, -0.1) is 0 Å². The van der Waals surface area contributed by atoms with E-state index >= 15 is 0 Å². The third-order valence-corrected chi connectivity index (χ3v) is 5.55. The average molecular weight is 483 g/mol. The van der Waals surface area contributed by atoms with Gasteiger partial charge in [-0.3, -0.25) is 4.79 Å². The molecule has 1 aromatic heterocycles. The Balaban J connectivity index is 1.71. The van der Waals surface area contributed by atoms with Gasteiger partial charge in [0.05, 0.1) is 12.7 Å². The smallest absolute Gasteiger partial charge is 0.338 e. The highest BCUT2D eigenvalue weighted by Gasteiger charge is 2.15. The van der Waals surface area contributed by atoms with E-state index in [9.17, 15) is 9.59 Å². The molecule has 0 aliphatic carbocycles. The molecular formula is C28H26N4O4. The largest absolute Gasteiger partial charge is 0.465 e. The number of hydrogen-bond acceptors (Lipinski definition) is 8. The summed E-state index contributed by atoms with van der Waals surface area (Å²) >= 11 is 0. The normalized spacial score (nSPS) is 10.5. The molecule has 1 heterocycles. The van der Waals surface area contributed by atoms with Gasteiger partial charge in [0.1, 0.15) is 18.3 Å². The molecule has 0 aliphatic heterocycles. The molecule has 8 heteroatoms. The summed E-state index contributed by atoms with van der Waals surface area (Å²) in [7, 11) is 1.36. The van der Waals surface area contributed by atoms with Crippen LogP contribution in [0.2, 0.25) is 0 Å². The summed E-state index contributed by atoms with van der Waals surface area (Å²) in [6.45, 7) is 2.61. The lowest BCUT2D eigenvalue weighted by molar-refractivity contribution is -0.129. The second-order valence-electron chi connectivity index (χ2n) is 8.16. The van der Waals surface area contributed by atoms with E-state index in [4.69, 9.17) is 14.5 Å². The fraction of sp³-hybridized carbons (Fsp3) is 0.179. The van der Waals surface area contributed by atoms with Crippen LogP contribution in [0.1, 0.15) is 44.3 Å². The van der Waals surface area contributed by atoms with Crippen LogP contribution in [0.3, 0.4) is 0 Å². The van der Waals surface area contributed by atoms with Crippen LogP contribution in [0, 0.1) is 6.92 Å². The van der Waals surface area contributed by atoms with Crippen molar-refractivity contribution in [3.05, 3.63) is 112 Å². The van der Waals surface area contributed by atoms with Crippen LogP contribution >= 0.6 is 0 Å². The summed E-state index contributed by atoms with van der Waals surface area (Å²) in [5, 5.41) is 3.27. The monoisotopic (exact) mass is 482 g/mol. The zero-order valence-corrected chi connectivity index (χ0v) is 20.1. The van der Waals surface area contributed by atoms with Gasteiger partial charge < -0.3 is 14.8 Å². The maximum absolute atomic E-state index is 12.3. The van der Waals surface area contributed by atoms with Crippen molar-refractivity contribution in [2.75, 3.05) is 12.4 Å². The molecule has 0 amide bonds. The second-order valence-corrected chi connectivity index (χ2v) is 8.16. The van der Waals surface area contributed by atoms with Crippen molar-refractivity contribution in [2.24, 2.45) is 0 Å². The molecular weight excluding hydrogens is 456 g/mol. The molecule has 0 saturated carbocycles. The van der Waals surface area contributed by atoms with Gasteiger partial charge in [0, 0.05) is 18.5 Å². The summed E-state index contributed by atoms with van der Waals surface area (Å²) in [4.78, 5) is 37.0. The number of ether oxygens (including phenoxy) is 2. The average Bonchev–Trinajstić information content (AvgIpc) is 2.88. The van der Waals surface area contributed by atoms with Gasteiger partial charge in [-0.25, -0.2) is 9.78 Å². The maximum Gasteiger partial charge on any atom is 0.338 e. The number of nitrogens with zero attached hydrogens (tertiary/aromatic N) is 3. The van der Waals surface area contributed by atoms with Crippen molar-refractivity contribution in [2.45, 2.75) is 26.4 Å². The first kappa shape index (κ1) is 24.5. The Labute approximate surface area is 209 Å². The highest BCUT2D eigenvalue weighted by atomic mass is 16.5. The zero-order valence-electron chi connectivity index (χ0n) is 20.1. The Morgan fingerprint density at radius 3 is 2.22 bits per heavy atom. The molecule has 0 spiro atoms. The number of esters is 1. The quantitative estimate of drug-likeness (QED) is 0.259. The first-order valence-electron chi connectivity index (χ1n) is 11.4. The molecule has 36 heavy (non-hydrogen) atoms. The Hall–Kier alpha value is -4.59. The van der Waals surface area contributed by atoms with Crippen LogP contribution in [0.5, 0.6) is 0 Å². The summed E-state index contributed by atoms with van der Waals surface area (Å²) in [6.07, 6.45) is 0.730. The fourth-order valence-corrected chi connectivity index (χ4v) is 3.85. The standard InChI is InChI=1S/C28H26N4O4/c1-19-8-7-12-23(14-19)29-28-31-25(15-20-9-3-4-11-22(20)17-36-18-33)30-26(32-28)16-21-10-5-6-13-24(21)27(34)35-2/h3-14,18H,15-17H2,1-2H3,(H,29,30,31,32). The van der Waals surface area contributed by atoms with E-state index in [1.54, 1.807) is 12.1 Å². The van der Waals surface area contributed by atoms with Gasteiger partial charge in [-0.2, -0.15) is 9.97 Å². The number of aryl methyl sites for hydroxylation is 1. The molecule has 0 bridgehead atoms. The summed E-state index contributed by atoms with van der Waals surface area (Å²) in [6, 6.07) is 22.8. The molecule has 182 valence electrons. The number of hydrogen-bond donors (Lipinski definition) is 1. The Bertz CT molecular complexity index is 1370. The second kappa shape index (κ2) is 11.7. The predicted molar refractivity (Wildman–Crippen MR) is 135 cm³/mol. The lowest BCUT2D eigenvalue weighted by Gasteiger charge is -2.12. The Morgan fingerprint density at radius 1 is 0.861 bits per heavy atom. The molecule has 0 radical (unpaired) electrons. The zero-order chi connectivity index (χ0) is 25.3.